The highest BCUT2D eigenvalue weighted by molar-refractivity contribution is 7.90. The highest BCUT2D eigenvalue weighted by Gasteiger charge is 2.23. The normalized spacial score (nSPS) is 11.8. The van der Waals surface area contributed by atoms with E-state index < -0.39 is 44.1 Å². The van der Waals surface area contributed by atoms with Crippen molar-refractivity contribution in [1.29, 1.82) is 0 Å². The molecule has 0 atom stereocenters. The van der Waals surface area contributed by atoms with Crippen molar-refractivity contribution in [3.8, 4) is 11.5 Å². The van der Waals surface area contributed by atoms with Crippen LogP contribution in [0.5, 0.6) is 11.5 Å². The van der Waals surface area contributed by atoms with Gasteiger partial charge in [0.15, 0.2) is 11.6 Å². The summed E-state index contributed by atoms with van der Waals surface area (Å²) in [4.78, 5) is 11.1. The van der Waals surface area contributed by atoms with Crippen LogP contribution in [-0.2, 0) is 21.9 Å². The average molecular weight is 539 g/mol. The van der Waals surface area contributed by atoms with E-state index in [1.807, 2.05) is 0 Å². The Hall–Kier alpha value is -3.83. The average Bonchev–Trinajstić information content (AvgIpc) is 3.13. The second-order valence-corrected chi connectivity index (χ2v) is 9.58. The van der Waals surface area contributed by atoms with Crippen molar-refractivity contribution < 1.29 is 35.5 Å². The zero-order chi connectivity index (χ0) is 26.2. The summed E-state index contributed by atoms with van der Waals surface area (Å²) in [5.74, 6) is -5.91. The van der Waals surface area contributed by atoms with Gasteiger partial charge in [0, 0.05) is 48.5 Å². The van der Waals surface area contributed by atoms with Crippen LogP contribution in [0.3, 0.4) is 0 Å². The van der Waals surface area contributed by atoms with Gasteiger partial charge >= 0.3 is 0 Å². The van der Waals surface area contributed by atoms with E-state index in [2.05, 4.69) is 0 Å². The number of nitrogens with one attached hydrogen (secondary N) is 1. The van der Waals surface area contributed by atoms with Gasteiger partial charge in [0.25, 0.3) is 15.9 Å². The highest BCUT2D eigenvalue weighted by Crippen LogP contribution is 2.35. The monoisotopic (exact) mass is 538 g/mol. The zero-order valence-corrected chi connectivity index (χ0v) is 19.8. The minimum Gasteiger partial charge on any atom is -0.457 e. The van der Waals surface area contributed by atoms with E-state index in [1.54, 1.807) is 40.7 Å². The number of carbonyl (C=O) groups excluding carboxylic acids is 1. The Morgan fingerprint density at radius 3 is 2.44 bits per heavy atom. The number of nitrogens with zero attached hydrogens (tertiary/aromatic N) is 1. The topological polar surface area (TPSA) is 77.4 Å². The van der Waals surface area contributed by atoms with E-state index >= 15 is 0 Å². The molecule has 0 saturated carbocycles. The molecule has 6 nitrogen and oxygen atoms in total. The summed E-state index contributed by atoms with van der Waals surface area (Å²) in [5.41, 5.74) is 1.14. The van der Waals surface area contributed by atoms with E-state index in [1.165, 1.54) is 18.2 Å². The van der Waals surface area contributed by atoms with Crippen molar-refractivity contribution in [1.82, 2.24) is 9.29 Å². The lowest BCUT2D eigenvalue weighted by Crippen LogP contribution is -2.29. The summed E-state index contributed by atoms with van der Waals surface area (Å²) in [5, 5.41) is 0.405. The second-order valence-electron chi connectivity index (χ2n) is 7.52. The number of fused-ring (bicyclic) bond motifs is 1. The molecule has 0 saturated heterocycles. The number of halogens is 5. The molecule has 0 radical (unpaired) electrons. The van der Waals surface area contributed by atoms with Gasteiger partial charge in [0.1, 0.15) is 28.0 Å². The number of rotatable bonds is 6. The molecule has 1 aromatic heterocycles. The van der Waals surface area contributed by atoms with E-state index in [9.17, 15) is 30.8 Å². The number of aromatic nitrogens is 1. The Bertz CT molecular complexity index is 1650. The Kier molecular flexibility index (Phi) is 6.79. The standard InChI is InChI=1S/C24H15ClF4N2O4S/c1-31-12-13(5-8-23(32)30-36(33,34)22-11-18(28)17(27)10-19(22)29)24-20(31)3-2-4-21(24)35-14-6-7-16(26)15(25)9-14/h2-12H,1H3,(H,30,32)/b8-5+. The van der Waals surface area contributed by atoms with Gasteiger partial charge in [0.05, 0.1) is 10.5 Å². The van der Waals surface area contributed by atoms with Crippen LogP contribution < -0.4 is 9.46 Å². The first-order valence-corrected chi connectivity index (χ1v) is 11.9. The number of carbonyl (C=O) groups is 1. The van der Waals surface area contributed by atoms with E-state index in [-0.39, 0.29) is 22.9 Å². The number of hydrogen-bond acceptors (Lipinski definition) is 4. The number of benzene rings is 3. The predicted molar refractivity (Wildman–Crippen MR) is 125 cm³/mol. The molecule has 3 aromatic carbocycles. The van der Waals surface area contributed by atoms with Crippen LogP contribution in [0, 0.1) is 23.3 Å². The number of amides is 1. The third-order valence-corrected chi connectivity index (χ3v) is 6.69. The summed E-state index contributed by atoms with van der Waals surface area (Å²) in [6.07, 6.45) is 3.80. The molecular weight excluding hydrogens is 524 g/mol. The smallest absolute Gasteiger partial charge is 0.267 e. The summed E-state index contributed by atoms with van der Waals surface area (Å²) in [6, 6.07) is 9.14. The van der Waals surface area contributed by atoms with Crippen LogP contribution >= 0.6 is 11.6 Å². The third kappa shape index (κ3) is 5.07. The summed E-state index contributed by atoms with van der Waals surface area (Å²) in [6.45, 7) is 0. The van der Waals surface area contributed by atoms with Gasteiger partial charge in [-0.15, -0.1) is 0 Å². The molecule has 0 bridgehead atoms. The Balaban J connectivity index is 1.63. The summed E-state index contributed by atoms with van der Waals surface area (Å²) in [7, 11) is -3.10. The number of hydrogen-bond donors (Lipinski definition) is 1. The van der Waals surface area contributed by atoms with E-state index in [0.717, 1.165) is 12.1 Å². The molecule has 0 fully saturated rings. The van der Waals surface area contributed by atoms with E-state index in [0.29, 0.717) is 22.2 Å². The van der Waals surface area contributed by atoms with Crippen molar-refractivity contribution in [3.05, 3.63) is 94.7 Å². The molecule has 0 aliphatic carbocycles. The lowest BCUT2D eigenvalue weighted by Gasteiger charge is -2.09. The lowest BCUT2D eigenvalue weighted by molar-refractivity contribution is -0.114. The van der Waals surface area contributed by atoms with Crippen LogP contribution in [0.1, 0.15) is 5.56 Å². The van der Waals surface area contributed by atoms with Gasteiger partial charge in [0.2, 0.25) is 0 Å². The first-order valence-electron chi connectivity index (χ1n) is 10.1. The minimum atomic E-state index is -4.83. The van der Waals surface area contributed by atoms with Crippen LogP contribution in [0.25, 0.3) is 17.0 Å². The molecule has 0 aliphatic rings. The summed E-state index contributed by atoms with van der Waals surface area (Å²) >= 11 is 5.81. The molecule has 1 N–H and O–H groups in total. The van der Waals surface area contributed by atoms with Gasteiger partial charge in [-0.2, -0.15) is 0 Å². The maximum Gasteiger partial charge on any atom is 0.267 e. The van der Waals surface area contributed by atoms with Gasteiger partial charge in [-0.25, -0.2) is 30.7 Å². The van der Waals surface area contributed by atoms with Crippen LogP contribution in [-0.4, -0.2) is 18.9 Å². The fraction of sp³-hybridized carbons (Fsp3) is 0.0417. The molecule has 36 heavy (non-hydrogen) atoms. The molecule has 0 unspecified atom stereocenters. The van der Waals surface area contributed by atoms with Crippen molar-refractivity contribution in [2.45, 2.75) is 4.90 Å². The zero-order valence-electron chi connectivity index (χ0n) is 18.2. The molecule has 12 heteroatoms. The Morgan fingerprint density at radius 2 is 1.72 bits per heavy atom. The quantitative estimate of drug-likeness (QED) is 0.194. The molecule has 0 spiro atoms. The van der Waals surface area contributed by atoms with E-state index in [4.69, 9.17) is 16.3 Å². The minimum absolute atomic E-state index is 0.0656. The molecule has 0 aliphatic heterocycles. The Morgan fingerprint density at radius 1 is 1.00 bits per heavy atom. The van der Waals surface area contributed by atoms with Crippen molar-refractivity contribution >= 4 is 44.5 Å². The van der Waals surface area contributed by atoms with Crippen molar-refractivity contribution in [3.63, 3.8) is 0 Å². The third-order valence-electron chi connectivity index (χ3n) is 5.04. The molecule has 4 rings (SSSR count). The molecule has 4 aromatic rings. The largest absolute Gasteiger partial charge is 0.457 e. The maximum atomic E-state index is 13.9. The molecule has 1 heterocycles. The number of ether oxygens (including phenoxy) is 1. The van der Waals surface area contributed by atoms with Gasteiger partial charge in [-0.05, 0) is 30.3 Å². The van der Waals surface area contributed by atoms with Crippen LogP contribution in [0.4, 0.5) is 17.6 Å². The fourth-order valence-electron chi connectivity index (χ4n) is 3.42. The molecular formula is C24H15ClF4N2O4S. The Labute approximate surface area is 207 Å². The fourth-order valence-corrected chi connectivity index (χ4v) is 4.61. The molecule has 186 valence electrons. The first-order chi connectivity index (χ1) is 17.0. The van der Waals surface area contributed by atoms with Gasteiger partial charge < -0.3 is 9.30 Å². The predicted octanol–water partition coefficient (Wildman–Crippen LogP) is 5.70. The van der Waals surface area contributed by atoms with Crippen LogP contribution in [0.2, 0.25) is 5.02 Å². The number of aryl methyl sites for hydroxylation is 1. The van der Waals surface area contributed by atoms with Crippen LogP contribution in [0.15, 0.2) is 65.7 Å². The van der Waals surface area contributed by atoms with Crippen molar-refractivity contribution in [2.24, 2.45) is 7.05 Å². The number of sulfonamides is 1. The first kappa shape index (κ1) is 25.3. The van der Waals surface area contributed by atoms with Crippen molar-refractivity contribution in [2.75, 3.05) is 0 Å². The van der Waals surface area contributed by atoms with Gasteiger partial charge in [-0.1, -0.05) is 17.7 Å². The lowest BCUT2D eigenvalue weighted by atomic mass is 10.1. The SMILES string of the molecule is Cn1cc(/C=C/C(=O)NS(=O)(=O)c2cc(F)c(F)cc2F)c2c(Oc3ccc(F)c(Cl)c3)cccc21. The highest BCUT2D eigenvalue weighted by atomic mass is 35.5. The second kappa shape index (κ2) is 9.67. The molecule has 1 amide bonds. The summed E-state index contributed by atoms with van der Waals surface area (Å²) < 4.78 is 87.7. The van der Waals surface area contributed by atoms with Gasteiger partial charge in [-0.3, -0.25) is 4.79 Å². The maximum absolute atomic E-state index is 13.9.